The molecule has 0 spiro atoms. The van der Waals surface area contributed by atoms with E-state index in [9.17, 15) is 4.79 Å². The van der Waals surface area contributed by atoms with Crippen LogP contribution in [0.1, 0.15) is 52.9 Å². The number of para-hydroxylation sites is 2. The highest BCUT2D eigenvalue weighted by atomic mass is 32.1. The molecule has 5 nitrogen and oxygen atoms in total. The zero-order valence-corrected chi connectivity index (χ0v) is 17.6. The van der Waals surface area contributed by atoms with Crippen molar-refractivity contribution in [2.24, 2.45) is 5.41 Å². The summed E-state index contributed by atoms with van der Waals surface area (Å²) in [5.41, 5.74) is 0.540. The summed E-state index contributed by atoms with van der Waals surface area (Å²) in [5.74, 6) is 0.922. The number of ether oxygens (including phenoxy) is 1. The van der Waals surface area contributed by atoms with Crippen LogP contribution in [0.25, 0.3) is 0 Å². The van der Waals surface area contributed by atoms with E-state index in [1.54, 1.807) is 7.11 Å². The van der Waals surface area contributed by atoms with Crippen molar-refractivity contribution in [3.05, 3.63) is 24.3 Å². The Labute approximate surface area is 167 Å². The molecule has 6 heteroatoms. The summed E-state index contributed by atoms with van der Waals surface area (Å²) in [6.45, 7) is 5.89. The van der Waals surface area contributed by atoms with Crippen molar-refractivity contribution in [2.45, 2.75) is 71.0 Å². The number of anilines is 1. The Bertz CT molecular complexity index is 687. The highest BCUT2D eigenvalue weighted by Crippen LogP contribution is 2.35. The molecule has 148 valence electrons. The van der Waals surface area contributed by atoms with E-state index in [0.717, 1.165) is 42.2 Å². The fraction of sp³-hybridized carbons (Fsp3) is 0.619. The fourth-order valence-corrected chi connectivity index (χ4v) is 4.57. The lowest BCUT2D eigenvalue weighted by Gasteiger charge is -2.50. The monoisotopic (exact) mass is 389 g/mol. The molecular formula is C21H31N3O2S. The lowest BCUT2D eigenvalue weighted by atomic mass is 9.81. The predicted molar refractivity (Wildman–Crippen MR) is 113 cm³/mol. The van der Waals surface area contributed by atoms with Gasteiger partial charge >= 0.3 is 0 Å². The summed E-state index contributed by atoms with van der Waals surface area (Å²) in [6, 6.07) is 8.82. The first-order chi connectivity index (χ1) is 12.8. The molecule has 1 aromatic carbocycles. The summed E-state index contributed by atoms with van der Waals surface area (Å²) in [7, 11) is 1.67. The first-order valence-corrected chi connectivity index (χ1v) is 10.2. The van der Waals surface area contributed by atoms with Gasteiger partial charge < -0.3 is 20.3 Å². The number of benzene rings is 1. The van der Waals surface area contributed by atoms with Crippen LogP contribution in [0.3, 0.4) is 0 Å². The van der Waals surface area contributed by atoms with Gasteiger partial charge in [0.2, 0.25) is 5.91 Å². The van der Waals surface area contributed by atoms with Crippen molar-refractivity contribution in [3.8, 4) is 5.75 Å². The minimum absolute atomic E-state index is 0.133. The van der Waals surface area contributed by atoms with Crippen molar-refractivity contribution in [1.29, 1.82) is 0 Å². The van der Waals surface area contributed by atoms with Crippen LogP contribution in [0.2, 0.25) is 0 Å². The van der Waals surface area contributed by atoms with Crippen molar-refractivity contribution in [3.63, 3.8) is 0 Å². The molecule has 2 aliphatic heterocycles. The Morgan fingerprint density at radius 2 is 1.81 bits per heavy atom. The van der Waals surface area contributed by atoms with Gasteiger partial charge in [0.1, 0.15) is 5.75 Å². The van der Waals surface area contributed by atoms with E-state index in [4.69, 9.17) is 17.0 Å². The van der Waals surface area contributed by atoms with E-state index < -0.39 is 0 Å². The number of nitrogens with one attached hydrogen (secondary N) is 2. The summed E-state index contributed by atoms with van der Waals surface area (Å²) in [5, 5.41) is 7.41. The van der Waals surface area contributed by atoms with Crippen LogP contribution >= 0.6 is 12.2 Å². The molecule has 0 radical (unpaired) electrons. The molecular weight excluding hydrogens is 358 g/mol. The van der Waals surface area contributed by atoms with Crippen LogP contribution in [0, 0.1) is 5.41 Å². The van der Waals surface area contributed by atoms with Gasteiger partial charge in [-0.25, -0.2) is 0 Å². The third kappa shape index (κ3) is 4.54. The number of amides is 1. The zero-order chi connectivity index (χ0) is 19.6. The van der Waals surface area contributed by atoms with E-state index in [-0.39, 0.29) is 17.4 Å². The van der Waals surface area contributed by atoms with Gasteiger partial charge in [0.05, 0.1) is 12.8 Å². The normalized spacial score (nSPS) is 24.9. The number of methoxy groups -OCH3 is 1. The first kappa shape index (κ1) is 19.9. The molecule has 2 N–H and O–H groups in total. The highest BCUT2D eigenvalue weighted by molar-refractivity contribution is 7.80. The van der Waals surface area contributed by atoms with Crippen LogP contribution in [0.15, 0.2) is 24.3 Å². The van der Waals surface area contributed by atoms with Crippen molar-refractivity contribution in [1.82, 2.24) is 10.2 Å². The first-order valence-electron chi connectivity index (χ1n) is 9.83. The number of hydrogen-bond donors (Lipinski definition) is 2. The lowest BCUT2D eigenvalue weighted by Crippen LogP contribution is -2.60. The van der Waals surface area contributed by atoms with Gasteiger partial charge in [-0.1, -0.05) is 32.9 Å². The largest absolute Gasteiger partial charge is 0.495 e. The zero-order valence-electron chi connectivity index (χ0n) is 16.7. The second kappa shape index (κ2) is 8.05. The molecule has 1 amide bonds. The molecule has 2 saturated heterocycles. The summed E-state index contributed by atoms with van der Waals surface area (Å²) >= 11 is 5.78. The van der Waals surface area contributed by atoms with E-state index in [1.165, 1.54) is 6.42 Å². The summed E-state index contributed by atoms with van der Waals surface area (Å²) in [4.78, 5) is 14.8. The van der Waals surface area contributed by atoms with Gasteiger partial charge in [0, 0.05) is 23.5 Å². The molecule has 0 aliphatic carbocycles. The molecule has 2 atom stereocenters. The van der Waals surface area contributed by atoms with E-state index >= 15 is 0 Å². The fourth-order valence-electron chi connectivity index (χ4n) is 4.16. The van der Waals surface area contributed by atoms with Crippen LogP contribution in [-0.4, -0.2) is 41.2 Å². The number of piperidine rings is 2. The van der Waals surface area contributed by atoms with Crippen LogP contribution < -0.4 is 15.4 Å². The minimum Gasteiger partial charge on any atom is -0.495 e. The standard InChI is InChI=1S/C21H31N3O2S/c1-21(2,3)19(25)22-14-12-15-8-7-9-16(13-14)24(15)20(27)23-17-10-5-6-11-18(17)26-4/h5-6,10-11,14-16H,7-9,12-13H2,1-4H3,(H,22,25)(H,23,27). The smallest absolute Gasteiger partial charge is 0.225 e. The second-order valence-electron chi connectivity index (χ2n) is 8.67. The molecule has 3 rings (SSSR count). The van der Waals surface area contributed by atoms with Crippen molar-refractivity contribution in [2.75, 3.05) is 12.4 Å². The molecule has 0 aromatic heterocycles. The summed E-state index contributed by atoms with van der Waals surface area (Å²) < 4.78 is 5.43. The predicted octanol–water partition coefficient (Wildman–Crippen LogP) is 3.94. The number of nitrogens with zero attached hydrogens (tertiary/aromatic N) is 1. The van der Waals surface area contributed by atoms with Gasteiger partial charge in [0.25, 0.3) is 0 Å². The number of rotatable bonds is 3. The average molecular weight is 390 g/mol. The van der Waals surface area contributed by atoms with E-state index in [1.807, 2.05) is 45.0 Å². The number of fused-ring (bicyclic) bond motifs is 2. The molecule has 2 heterocycles. The quantitative estimate of drug-likeness (QED) is 0.767. The highest BCUT2D eigenvalue weighted by Gasteiger charge is 2.40. The molecule has 0 saturated carbocycles. The Morgan fingerprint density at radius 1 is 1.19 bits per heavy atom. The third-order valence-corrected chi connectivity index (χ3v) is 5.89. The lowest BCUT2D eigenvalue weighted by molar-refractivity contribution is -0.129. The summed E-state index contributed by atoms with van der Waals surface area (Å²) in [6.07, 6.45) is 5.36. The van der Waals surface area contributed by atoms with Crippen molar-refractivity contribution < 1.29 is 9.53 Å². The molecule has 1 aromatic rings. The van der Waals surface area contributed by atoms with Crippen LogP contribution in [0.4, 0.5) is 5.69 Å². The SMILES string of the molecule is COc1ccccc1NC(=S)N1C2CCCC1CC(NC(=O)C(C)(C)C)C2. The number of thiocarbonyl (C=S) groups is 1. The number of hydrogen-bond acceptors (Lipinski definition) is 3. The van der Waals surface area contributed by atoms with Crippen LogP contribution in [-0.2, 0) is 4.79 Å². The van der Waals surface area contributed by atoms with Gasteiger partial charge in [-0.05, 0) is 56.5 Å². The van der Waals surface area contributed by atoms with Gasteiger partial charge in [-0.2, -0.15) is 0 Å². The molecule has 2 unspecified atom stereocenters. The topological polar surface area (TPSA) is 53.6 Å². The molecule has 27 heavy (non-hydrogen) atoms. The van der Waals surface area contributed by atoms with Gasteiger partial charge in [-0.3, -0.25) is 4.79 Å². The van der Waals surface area contributed by atoms with Gasteiger partial charge in [-0.15, -0.1) is 0 Å². The van der Waals surface area contributed by atoms with E-state index in [0.29, 0.717) is 12.1 Å². The molecule has 2 bridgehead atoms. The average Bonchev–Trinajstić information content (AvgIpc) is 2.60. The Balaban J connectivity index is 1.69. The maximum atomic E-state index is 12.4. The maximum Gasteiger partial charge on any atom is 0.225 e. The maximum absolute atomic E-state index is 12.4. The van der Waals surface area contributed by atoms with Gasteiger partial charge in [0.15, 0.2) is 5.11 Å². The second-order valence-corrected chi connectivity index (χ2v) is 9.05. The third-order valence-electron chi connectivity index (χ3n) is 5.57. The van der Waals surface area contributed by atoms with E-state index in [2.05, 4.69) is 15.5 Å². The number of carbonyl (C=O) groups excluding carboxylic acids is 1. The minimum atomic E-state index is -0.354. The van der Waals surface area contributed by atoms with Crippen LogP contribution in [0.5, 0.6) is 5.75 Å². The Morgan fingerprint density at radius 3 is 2.41 bits per heavy atom. The molecule has 2 fully saturated rings. The Kier molecular flexibility index (Phi) is 5.94. The number of carbonyl (C=O) groups is 1. The van der Waals surface area contributed by atoms with Crippen molar-refractivity contribution >= 4 is 28.9 Å². The Hall–Kier alpha value is -1.82. The molecule has 2 aliphatic rings.